The molecule has 3 rings (SSSR count). The van der Waals surface area contributed by atoms with Crippen molar-refractivity contribution >= 4 is 5.97 Å². The van der Waals surface area contributed by atoms with Gasteiger partial charge in [-0.05, 0) is 82.3 Å². The number of carboxylic acids is 1. The summed E-state index contributed by atoms with van der Waals surface area (Å²) in [5, 5.41) is 9.29. The molecule has 5 heteroatoms. The zero-order valence-corrected chi connectivity index (χ0v) is 22.1. The summed E-state index contributed by atoms with van der Waals surface area (Å²) in [5.41, 5.74) is 4.11. The monoisotopic (exact) mass is 492 g/mol. The Kier molecular flexibility index (Phi) is 8.78. The Bertz CT molecular complexity index is 1180. The van der Waals surface area contributed by atoms with Gasteiger partial charge in [0.2, 0.25) is 0 Å². The molecule has 0 saturated heterocycles. The van der Waals surface area contributed by atoms with Gasteiger partial charge in [0.15, 0.2) is 0 Å². The van der Waals surface area contributed by atoms with Crippen LogP contribution in [0.1, 0.15) is 70.1 Å². The lowest BCUT2D eigenvalue weighted by atomic mass is 9.81. The van der Waals surface area contributed by atoms with Crippen molar-refractivity contribution in [3.63, 3.8) is 0 Å². The molecule has 0 aliphatic rings. The molecule has 0 fully saturated rings. The van der Waals surface area contributed by atoms with E-state index in [1.165, 1.54) is 6.07 Å². The van der Waals surface area contributed by atoms with Crippen molar-refractivity contribution in [1.82, 2.24) is 0 Å². The molecule has 0 spiro atoms. The van der Waals surface area contributed by atoms with Crippen molar-refractivity contribution < 1.29 is 23.8 Å². The Morgan fingerprint density at radius 1 is 0.944 bits per heavy atom. The van der Waals surface area contributed by atoms with Crippen LogP contribution in [0.3, 0.4) is 0 Å². The molecule has 0 saturated carbocycles. The molecule has 0 aliphatic carbocycles. The minimum atomic E-state index is -0.789. The van der Waals surface area contributed by atoms with Gasteiger partial charge < -0.3 is 14.6 Å². The lowest BCUT2D eigenvalue weighted by molar-refractivity contribution is -0.137. The van der Waals surface area contributed by atoms with Gasteiger partial charge in [0.05, 0.1) is 13.5 Å². The van der Waals surface area contributed by atoms with Crippen molar-refractivity contribution in [1.29, 1.82) is 0 Å². The van der Waals surface area contributed by atoms with E-state index in [2.05, 4.69) is 34.6 Å². The summed E-state index contributed by atoms with van der Waals surface area (Å²) >= 11 is 0. The number of halogens is 1. The summed E-state index contributed by atoms with van der Waals surface area (Å²) in [6, 6.07) is 18.5. The first-order valence-corrected chi connectivity index (χ1v) is 12.4. The molecule has 1 N–H and O–H groups in total. The van der Waals surface area contributed by atoms with E-state index in [0.717, 1.165) is 28.7 Å². The van der Waals surface area contributed by atoms with Crippen LogP contribution in [0, 0.1) is 11.7 Å². The van der Waals surface area contributed by atoms with Crippen molar-refractivity contribution in [2.24, 2.45) is 5.92 Å². The van der Waals surface area contributed by atoms with Gasteiger partial charge >= 0.3 is 5.97 Å². The standard InChI is InChI=1S/C31H37FO4/c1-20(2)15-23(17-30(33)34)22-8-10-24(11-9-22)36-19-21-7-13-28(31(3,4)5)26(16-21)27-18-25(35-6)12-14-29(27)32/h7-14,16,18,20,23H,15,17,19H2,1-6H3,(H,33,34)/t23-/m1/s1. The van der Waals surface area contributed by atoms with Crippen LogP contribution in [0.5, 0.6) is 11.5 Å². The van der Waals surface area contributed by atoms with E-state index < -0.39 is 5.97 Å². The van der Waals surface area contributed by atoms with Gasteiger partial charge in [0.25, 0.3) is 0 Å². The predicted octanol–water partition coefficient (Wildman–Crippen LogP) is 7.98. The first-order valence-electron chi connectivity index (χ1n) is 12.4. The highest BCUT2D eigenvalue weighted by atomic mass is 19.1. The number of benzene rings is 3. The second-order valence-corrected chi connectivity index (χ2v) is 10.8. The van der Waals surface area contributed by atoms with E-state index in [1.807, 2.05) is 42.5 Å². The maximum absolute atomic E-state index is 14.9. The minimum absolute atomic E-state index is 0.0261. The smallest absolute Gasteiger partial charge is 0.303 e. The number of carbonyl (C=O) groups is 1. The van der Waals surface area contributed by atoms with E-state index in [-0.39, 0.29) is 23.6 Å². The molecule has 4 nitrogen and oxygen atoms in total. The van der Waals surface area contributed by atoms with Crippen LogP contribution in [0.4, 0.5) is 4.39 Å². The number of hydrogen-bond donors (Lipinski definition) is 1. The number of rotatable bonds is 10. The molecular weight excluding hydrogens is 455 g/mol. The second kappa shape index (κ2) is 11.6. The topological polar surface area (TPSA) is 55.8 Å². The minimum Gasteiger partial charge on any atom is -0.497 e. The Morgan fingerprint density at radius 3 is 2.19 bits per heavy atom. The van der Waals surface area contributed by atoms with Crippen molar-refractivity contribution in [3.05, 3.63) is 83.2 Å². The first kappa shape index (κ1) is 27.3. The van der Waals surface area contributed by atoms with Crippen LogP contribution in [-0.4, -0.2) is 18.2 Å². The molecule has 0 radical (unpaired) electrons. The Labute approximate surface area is 214 Å². The van der Waals surface area contributed by atoms with Crippen molar-refractivity contribution in [2.45, 2.75) is 65.4 Å². The fourth-order valence-corrected chi connectivity index (χ4v) is 4.52. The molecule has 0 amide bonds. The maximum Gasteiger partial charge on any atom is 0.303 e. The predicted molar refractivity (Wildman–Crippen MR) is 142 cm³/mol. The highest BCUT2D eigenvalue weighted by molar-refractivity contribution is 5.71. The molecule has 0 bridgehead atoms. The highest BCUT2D eigenvalue weighted by Crippen LogP contribution is 2.37. The lowest BCUT2D eigenvalue weighted by Crippen LogP contribution is -2.13. The number of carboxylic acid groups (broad SMARTS) is 1. The fourth-order valence-electron chi connectivity index (χ4n) is 4.52. The Balaban J connectivity index is 1.84. The molecule has 0 aromatic heterocycles. The SMILES string of the molecule is COc1ccc(F)c(-c2cc(COc3ccc([C@@H](CC(=O)O)CC(C)C)cc3)ccc2C(C)(C)C)c1. The lowest BCUT2D eigenvalue weighted by Gasteiger charge is -2.24. The molecule has 3 aromatic rings. The molecule has 192 valence electrons. The van der Waals surface area contributed by atoms with Crippen LogP contribution >= 0.6 is 0 Å². The summed E-state index contributed by atoms with van der Waals surface area (Å²) in [4.78, 5) is 11.3. The van der Waals surface area contributed by atoms with Gasteiger partial charge in [0, 0.05) is 5.56 Å². The van der Waals surface area contributed by atoms with Gasteiger partial charge in [-0.1, -0.05) is 58.9 Å². The largest absolute Gasteiger partial charge is 0.497 e. The number of aliphatic carboxylic acids is 1. The molecule has 1 atom stereocenters. The van der Waals surface area contributed by atoms with Gasteiger partial charge in [-0.3, -0.25) is 4.79 Å². The van der Waals surface area contributed by atoms with Crippen LogP contribution in [0.25, 0.3) is 11.1 Å². The van der Waals surface area contributed by atoms with Crippen LogP contribution in [0.15, 0.2) is 60.7 Å². The molecular formula is C31H37FO4. The van der Waals surface area contributed by atoms with E-state index >= 15 is 0 Å². The third-order valence-electron chi connectivity index (χ3n) is 6.29. The fraction of sp³-hybridized carbons (Fsp3) is 0.387. The van der Waals surface area contributed by atoms with Crippen molar-refractivity contribution in [2.75, 3.05) is 7.11 Å². The van der Waals surface area contributed by atoms with Crippen LogP contribution in [0.2, 0.25) is 0 Å². The zero-order valence-electron chi connectivity index (χ0n) is 22.1. The van der Waals surface area contributed by atoms with E-state index in [0.29, 0.717) is 29.6 Å². The van der Waals surface area contributed by atoms with Gasteiger partial charge in [-0.2, -0.15) is 0 Å². The molecule has 3 aromatic carbocycles. The average Bonchev–Trinajstić information content (AvgIpc) is 2.81. The summed E-state index contributed by atoms with van der Waals surface area (Å²) in [6.07, 6.45) is 0.929. The Hall–Kier alpha value is -3.34. The number of methoxy groups -OCH3 is 1. The third-order valence-corrected chi connectivity index (χ3v) is 6.29. The van der Waals surface area contributed by atoms with Crippen LogP contribution in [-0.2, 0) is 16.8 Å². The second-order valence-electron chi connectivity index (χ2n) is 10.8. The van der Waals surface area contributed by atoms with Gasteiger partial charge in [-0.25, -0.2) is 4.39 Å². The van der Waals surface area contributed by atoms with Crippen LogP contribution < -0.4 is 9.47 Å². The highest BCUT2D eigenvalue weighted by Gasteiger charge is 2.22. The molecule has 36 heavy (non-hydrogen) atoms. The molecule has 0 heterocycles. The summed E-state index contributed by atoms with van der Waals surface area (Å²) in [6.45, 7) is 10.9. The summed E-state index contributed by atoms with van der Waals surface area (Å²) in [5.74, 6) is 0.597. The number of ether oxygens (including phenoxy) is 2. The quantitative estimate of drug-likeness (QED) is 0.312. The molecule has 0 aliphatic heterocycles. The Morgan fingerprint density at radius 2 is 1.61 bits per heavy atom. The maximum atomic E-state index is 14.9. The zero-order chi connectivity index (χ0) is 26.5. The number of hydrogen-bond acceptors (Lipinski definition) is 3. The molecule has 0 unspecified atom stereocenters. The summed E-state index contributed by atoms with van der Waals surface area (Å²) in [7, 11) is 1.57. The van der Waals surface area contributed by atoms with E-state index in [1.54, 1.807) is 19.2 Å². The van der Waals surface area contributed by atoms with Gasteiger partial charge in [-0.15, -0.1) is 0 Å². The van der Waals surface area contributed by atoms with Gasteiger partial charge in [0.1, 0.15) is 23.9 Å². The average molecular weight is 493 g/mol. The third kappa shape index (κ3) is 7.09. The van der Waals surface area contributed by atoms with Crippen molar-refractivity contribution in [3.8, 4) is 22.6 Å². The van der Waals surface area contributed by atoms with E-state index in [4.69, 9.17) is 9.47 Å². The first-order chi connectivity index (χ1) is 17.0. The van der Waals surface area contributed by atoms with E-state index in [9.17, 15) is 14.3 Å². The summed E-state index contributed by atoms with van der Waals surface area (Å²) < 4.78 is 26.3. The normalized spacial score (nSPS) is 12.4.